The SMILES string of the molecule is CC[C@H](C)[C@@H]([C@@H](CC(=O)N1CCC[C@H]1[C@H](OC)[C@@H](C)C(=O)N[C@@H](Cc1ccccc1)c1nccs1)OC)N(C)C(=O)[C@@H](NC(=O)[C@H](C(C)C)N(C)CCON)C(C)C. The van der Waals surface area contributed by atoms with Gasteiger partial charge in [-0.3, -0.25) is 24.1 Å². The number of carbonyl (C=O) groups is 4. The summed E-state index contributed by atoms with van der Waals surface area (Å²) < 4.78 is 12.1. The number of nitrogens with one attached hydrogen (secondary N) is 2. The largest absolute Gasteiger partial charge is 0.379 e. The van der Waals surface area contributed by atoms with Crippen LogP contribution < -0.4 is 16.5 Å². The molecular formula is C43H71N7O7S. The number of likely N-dealkylation sites (N-methyl/N-ethyl adjacent to an activating group) is 2. The maximum absolute atomic E-state index is 14.4. The third-order valence-electron chi connectivity index (χ3n) is 11.8. The predicted molar refractivity (Wildman–Crippen MR) is 227 cm³/mol. The molecule has 1 aromatic heterocycles. The summed E-state index contributed by atoms with van der Waals surface area (Å²) in [5, 5.41) is 9.02. The van der Waals surface area contributed by atoms with E-state index in [2.05, 4.69) is 15.6 Å². The van der Waals surface area contributed by atoms with Crippen LogP contribution in [0.5, 0.6) is 0 Å². The Bertz CT molecular complexity index is 1550. The van der Waals surface area contributed by atoms with Crippen molar-refractivity contribution in [3.05, 3.63) is 52.5 Å². The number of likely N-dealkylation sites (tertiary alicyclic amines) is 1. The molecule has 1 aromatic carbocycles. The highest BCUT2D eigenvalue weighted by molar-refractivity contribution is 7.09. The van der Waals surface area contributed by atoms with Crippen LogP contribution in [0.15, 0.2) is 41.9 Å². The molecule has 15 heteroatoms. The summed E-state index contributed by atoms with van der Waals surface area (Å²) in [6.45, 7) is 14.9. The highest BCUT2D eigenvalue weighted by atomic mass is 32.1. The van der Waals surface area contributed by atoms with Crippen molar-refractivity contribution in [3.8, 4) is 0 Å². The zero-order chi connectivity index (χ0) is 43.1. The van der Waals surface area contributed by atoms with Crippen LogP contribution in [0.4, 0.5) is 0 Å². The average molecular weight is 830 g/mol. The standard InChI is InChI=1S/C43H71N7O7S/c1-12-29(6)38(49(9)43(54)36(27(2)3)47-41(53)37(28(4)5)48(8)22-23-57-44)34(55-10)26-35(51)50-21-16-19-33(50)39(56-11)30(7)40(52)46-32(42-45-20-24-58-42)25-31-17-14-13-15-18-31/h13-15,17-18,20,24,27-30,32-34,36-39H,12,16,19,21-23,25-26,44H2,1-11H3,(H,46,52)(H,47,53)/t29-,30+,32-,33-,34+,36-,37-,38-,39+/m0/s1. The number of amides is 4. The number of benzene rings is 1. The first-order chi connectivity index (χ1) is 27.6. The Hall–Kier alpha value is -3.47. The maximum atomic E-state index is 14.4. The van der Waals surface area contributed by atoms with E-state index in [1.54, 1.807) is 32.4 Å². The zero-order valence-corrected chi connectivity index (χ0v) is 37.5. The molecule has 1 saturated heterocycles. The molecule has 0 saturated carbocycles. The lowest BCUT2D eigenvalue weighted by Gasteiger charge is -2.41. The Kier molecular flexibility index (Phi) is 20.2. The molecular weight excluding hydrogens is 759 g/mol. The van der Waals surface area contributed by atoms with E-state index in [-0.39, 0.29) is 66.5 Å². The molecule has 4 amide bonds. The Morgan fingerprint density at radius 1 is 0.983 bits per heavy atom. The van der Waals surface area contributed by atoms with Gasteiger partial charge in [-0.25, -0.2) is 10.9 Å². The molecule has 3 rings (SSSR count). The van der Waals surface area contributed by atoms with Crippen LogP contribution in [0.25, 0.3) is 0 Å². The molecule has 2 aromatic rings. The molecule has 0 bridgehead atoms. The summed E-state index contributed by atoms with van der Waals surface area (Å²) in [5.74, 6) is 3.61. The lowest BCUT2D eigenvalue weighted by atomic mass is 9.89. The van der Waals surface area contributed by atoms with Crippen molar-refractivity contribution >= 4 is 35.0 Å². The molecule has 2 heterocycles. The first-order valence-corrected chi connectivity index (χ1v) is 21.7. The Labute approximate surface area is 350 Å². The van der Waals surface area contributed by atoms with Gasteiger partial charge in [0.25, 0.3) is 0 Å². The number of rotatable bonds is 24. The fraction of sp³-hybridized carbons (Fsp3) is 0.698. The van der Waals surface area contributed by atoms with Crippen molar-refractivity contribution in [2.75, 3.05) is 48.0 Å². The molecule has 14 nitrogen and oxygen atoms in total. The normalized spacial score (nSPS) is 18.7. The quantitative estimate of drug-likeness (QED) is 0.129. The Morgan fingerprint density at radius 3 is 2.22 bits per heavy atom. The summed E-state index contributed by atoms with van der Waals surface area (Å²) in [7, 11) is 6.73. The number of aromatic nitrogens is 1. The molecule has 4 N–H and O–H groups in total. The van der Waals surface area contributed by atoms with E-state index < -0.39 is 36.3 Å². The van der Waals surface area contributed by atoms with E-state index in [0.29, 0.717) is 25.9 Å². The van der Waals surface area contributed by atoms with Gasteiger partial charge in [-0.1, -0.05) is 85.2 Å². The van der Waals surface area contributed by atoms with Crippen LogP contribution in [0, 0.1) is 23.7 Å². The highest BCUT2D eigenvalue weighted by Crippen LogP contribution is 2.30. The molecule has 1 aliphatic heterocycles. The molecule has 0 unspecified atom stereocenters. The minimum absolute atomic E-state index is 0.0297. The van der Waals surface area contributed by atoms with E-state index in [0.717, 1.165) is 23.4 Å². The second-order valence-corrected chi connectivity index (χ2v) is 17.4. The van der Waals surface area contributed by atoms with Gasteiger partial charge >= 0.3 is 0 Å². The van der Waals surface area contributed by atoms with Crippen LogP contribution in [-0.4, -0.2) is 128 Å². The Balaban J connectivity index is 1.79. The van der Waals surface area contributed by atoms with Gasteiger partial charge in [0.15, 0.2) is 0 Å². The molecule has 9 atom stereocenters. The van der Waals surface area contributed by atoms with E-state index >= 15 is 0 Å². The number of hydrogen-bond donors (Lipinski definition) is 3. The first-order valence-electron chi connectivity index (χ1n) is 20.8. The summed E-state index contributed by atoms with van der Waals surface area (Å²) in [6, 6.07) is 7.58. The number of nitrogens with zero attached hydrogens (tertiary/aromatic N) is 4. The van der Waals surface area contributed by atoms with Gasteiger partial charge in [0, 0.05) is 45.9 Å². The van der Waals surface area contributed by atoms with Gasteiger partial charge in [-0.05, 0) is 49.6 Å². The van der Waals surface area contributed by atoms with Gasteiger partial charge < -0.3 is 34.7 Å². The first kappa shape index (κ1) is 48.9. The summed E-state index contributed by atoms with van der Waals surface area (Å²) in [6.07, 6.45) is 3.37. The van der Waals surface area contributed by atoms with Gasteiger partial charge in [-0.2, -0.15) is 0 Å². The molecule has 0 radical (unpaired) electrons. The number of ether oxygens (including phenoxy) is 2. The van der Waals surface area contributed by atoms with Crippen LogP contribution in [0.1, 0.15) is 90.8 Å². The van der Waals surface area contributed by atoms with Gasteiger partial charge in [0.1, 0.15) is 11.0 Å². The second kappa shape index (κ2) is 24.0. The van der Waals surface area contributed by atoms with Crippen molar-refractivity contribution in [1.82, 2.24) is 30.3 Å². The van der Waals surface area contributed by atoms with Crippen LogP contribution >= 0.6 is 11.3 Å². The van der Waals surface area contributed by atoms with E-state index in [1.165, 1.54) is 11.3 Å². The molecule has 1 fully saturated rings. The molecule has 58 heavy (non-hydrogen) atoms. The topological polar surface area (TPSA) is 169 Å². The average Bonchev–Trinajstić information content (AvgIpc) is 3.92. The fourth-order valence-electron chi connectivity index (χ4n) is 8.39. The Morgan fingerprint density at radius 2 is 1.67 bits per heavy atom. The number of nitrogens with two attached hydrogens (primary N) is 1. The third kappa shape index (κ3) is 13.0. The third-order valence-corrected chi connectivity index (χ3v) is 12.7. The smallest absolute Gasteiger partial charge is 0.245 e. The van der Waals surface area contributed by atoms with Crippen LogP contribution in [0.2, 0.25) is 0 Å². The molecule has 1 aliphatic rings. The minimum atomic E-state index is -0.807. The number of carbonyl (C=O) groups excluding carboxylic acids is 4. The van der Waals surface area contributed by atoms with Crippen molar-refractivity contribution < 1.29 is 33.5 Å². The van der Waals surface area contributed by atoms with E-state index in [1.807, 2.05) is 101 Å². The second-order valence-electron chi connectivity index (χ2n) is 16.5. The predicted octanol–water partition coefficient (Wildman–Crippen LogP) is 4.45. The van der Waals surface area contributed by atoms with Gasteiger partial charge in [-0.15, -0.1) is 11.3 Å². The summed E-state index contributed by atoms with van der Waals surface area (Å²) in [5.41, 5.74) is 1.09. The van der Waals surface area contributed by atoms with E-state index in [9.17, 15) is 19.2 Å². The lowest BCUT2D eigenvalue weighted by Crippen LogP contribution is -2.60. The highest BCUT2D eigenvalue weighted by Gasteiger charge is 2.43. The monoisotopic (exact) mass is 830 g/mol. The number of methoxy groups -OCH3 is 2. The van der Waals surface area contributed by atoms with Crippen molar-refractivity contribution in [2.24, 2.45) is 29.6 Å². The van der Waals surface area contributed by atoms with Crippen molar-refractivity contribution in [2.45, 2.75) is 123 Å². The summed E-state index contributed by atoms with van der Waals surface area (Å²) >= 11 is 1.50. The summed E-state index contributed by atoms with van der Waals surface area (Å²) in [4.78, 5) is 71.1. The van der Waals surface area contributed by atoms with Crippen molar-refractivity contribution in [1.29, 1.82) is 0 Å². The van der Waals surface area contributed by atoms with Gasteiger partial charge in [0.2, 0.25) is 23.6 Å². The number of thiazole rings is 1. The zero-order valence-electron chi connectivity index (χ0n) is 36.7. The fourth-order valence-corrected chi connectivity index (χ4v) is 9.07. The minimum Gasteiger partial charge on any atom is -0.379 e. The van der Waals surface area contributed by atoms with Crippen molar-refractivity contribution in [3.63, 3.8) is 0 Å². The molecule has 326 valence electrons. The van der Waals surface area contributed by atoms with Crippen LogP contribution in [-0.2, 0) is 39.9 Å². The van der Waals surface area contributed by atoms with Gasteiger partial charge in [0.05, 0.1) is 55.3 Å². The van der Waals surface area contributed by atoms with Crippen LogP contribution in [0.3, 0.4) is 0 Å². The number of hydrogen-bond acceptors (Lipinski definition) is 11. The molecule has 0 aliphatic carbocycles. The maximum Gasteiger partial charge on any atom is 0.245 e. The molecule has 0 spiro atoms. The van der Waals surface area contributed by atoms with E-state index in [4.69, 9.17) is 20.2 Å². The lowest BCUT2D eigenvalue weighted by molar-refractivity contribution is -0.148.